The van der Waals surface area contributed by atoms with Crippen LogP contribution in [0.25, 0.3) is 0 Å². The van der Waals surface area contributed by atoms with Gasteiger partial charge in [-0.05, 0) is 31.6 Å². The summed E-state index contributed by atoms with van der Waals surface area (Å²) < 4.78 is 0. The van der Waals surface area contributed by atoms with Gasteiger partial charge in [0, 0.05) is 6.04 Å². The first-order chi connectivity index (χ1) is 5.83. The Kier molecular flexibility index (Phi) is 6.82. The van der Waals surface area contributed by atoms with Crippen molar-refractivity contribution in [3.8, 4) is 0 Å². The van der Waals surface area contributed by atoms with Crippen LogP contribution in [0.4, 0.5) is 0 Å². The van der Waals surface area contributed by atoms with Gasteiger partial charge in [0.25, 0.3) is 0 Å². The second-order valence-corrected chi connectivity index (χ2v) is 3.24. The van der Waals surface area contributed by atoms with Gasteiger partial charge in [0.15, 0.2) is 0 Å². The van der Waals surface area contributed by atoms with Crippen LogP contribution in [0, 0.1) is 5.92 Å². The van der Waals surface area contributed by atoms with E-state index in [1.807, 2.05) is 13.8 Å². The Morgan fingerprint density at radius 3 is 2.08 bits per heavy atom. The molecule has 0 saturated heterocycles. The lowest BCUT2D eigenvalue weighted by molar-refractivity contribution is -0.110. The van der Waals surface area contributed by atoms with Crippen LogP contribution in [-0.4, -0.2) is 12.5 Å². The molecule has 1 aliphatic rings. The molecular weight excluding hydrogens is 150 g/mol. The zero-order valence-electron chi connectivity index (χ0n) is 8.47. The molecule has 0 aliphatic heterocycles. The van der Waals surface area contributed by atoms with E-state index in [0.29, 0.717) is 6.04 Å². The SMILES string of the molecule is CC.CC1CCC(NC=O)CC1. The van der Waals surface area contributed by atoms with E-state index in [4.69, 9.17) is 0 Å². The highest BCUT2D eigenvalue weighted by atomic mass is 16.1. The third-order valence-corrected chi connectivity index (χ3v) is 2.32. The number of nitrogens with one attached hydrogen (secondary N) is 1. The average molecular weight is 171 g/mol. The van der Waals surface area contributed by atoms with Gasteiger partial charge in [0.2, 0.25) is 6.41 Å². The highest BCUT2D eigenvalue weighted by Crippen LogP contribution is 2.22. The highest BCUT2D eigenvalue weighted by molar-refractivity contribution is 5.46. The Morgan fingerprint density at radius 2 is 1.67 bits per heavy atom. The first-order valence-electron chi connectivity index (χ1n) is 5.02. The number of hydrogen-bond acceptors (Lipinski definition) is 1. The van der Waals surface area contributed by atoms with Gasteiger partial charge in [0.1, 0.15) is 0 Å². The van der Waals surface area contributed by atoms with Crippen molar-refractivity contribution in [1.29, 1.82) is 0 Å². The topological polar surface area (TPSA) is 29.1 Å². The summed E-state index contributed by atoms with van der Waals surface area (Å²) in [5.41, 5.74) is 0. The second-order valence-electron chi connectivity index (χ2n) is 3.24. The summed E-state index contributed by atoms with van der Waals surface area (Å²) in [6.45, 7) is 6.27. The molecule has 0 unspecified atom stereocenters. The number of hydrogen-bond donors (Lipinski definition) is 1. The molecule has 0 aromatic rings. The Labute approximate surface area is 75.7 Å². The highest BCUT2D eigenvalue weighted by Gasteiger charge is 2.16. The molecular formula is C10H21NO. The van der Waals surface area contributed by atoms with Crippen LogP contribution in [0.5, 0.6) is 0 Å². The van der Waals surface area contributed by atoms with Gasteiger partial charge >= 0.3 is 0 Å². The lowest BCUT2D eigenvalue weighted by Gasteiger charge is -2.25. The Balaban J connectivity index is 0.000000561. The van der Waals surface area contributed by atoms with Crippen molar-refractivity contribution >= 4 is 6.41 Å². The smallest absolute Gasteiger partial charge is 0.207 e. The minimum Gasteiger partial charge on any atom is -0.356 e. The largest absolute Gasteiger partial charge is 0.356 e. The van der Waals surface area contributed by atoms with E-state index in [9.17, 15) is 4.79 Å². The molecule has 1 fully saturated rings. The lowest BCUT2D eigenvalue weighted by Crippen LogP contribution is -2.31. The van der Waals surface area contributed by atoms with E-state index in [0.717, 1.165) is 12.3 Å². The number of carbonyl (C=O) groups excluding carboxylic acids is 1. The standard InChI is InChI=1S/C8H15NO.C2H6/c1-7-2-4-8(5-3-7)9-6-10;1-2/h6-8H,2-5H2,1H3,(H,9,10);1-2H3. The minimum absolute atomic E-state index is 0.466. The molecule has 0 radical (unpaired) electrons. The van der Waals surface area contributed by atoms with Crippen molar-refractivity contribution in [1.82, 2.24) is 5.32 Å². The maximum absolute atomic E-state index is 10.0. The summed E-state index contributed by atoms with van der Waals surface area (Å²) >= 11 is 0. The molecule has 0 atom stereocenters. The molecule has 0 bridgehead atoms. The Bertz CT molecular complexity index is 106. The van der Waals surface area contributed by atoms with Crippen molar-refractivity contribution in [2.75, 3.05) is 0 Å². The second kappa shape index (κ2) is 7.14. The van der Waals surface area contributed by atoms with Gasteiger partial charge in [-0.2, -0.15) is 0 Å². The van der Waals surface area contributed by atoms with Crippen molar-refractivity contribution in [2.45, 2.75) is 52.5 Å². The lowest BCUT2D eigenvalue weighted by atomic mass is 9.87. The van der Waals surface area contributed by atoms with Gasteiger partial charge in [-0.3, -0.25) is 4.79 Å². The predicted molar refractivity (Wildman–Crippen MR) is 52.0 cm³/mol. The Morgan fingerprint density at radius 1 is 1.17 bits per heavy atom. The molecule has 1 amide bonds. The predicted octanol–water partition coefficient (Wildman–Crippen LogP) is 2.34. The summed E-state index contributed by atoms with van der Waals surface area (Å²) in [6.07, 6.45) is 5.69. The van der Waals surface area contributed by atoms with Crippen LogP contribution in [0.3, 0.4) is 0 Å². The monoisotopic (exact) mass is 171 g/mol. The van der Waals surface area contributed by atoms with Crippen LogP contribution < -0.4 is 5.32 Å². The third kappa shape index (κ3) is 4.37. The molecule has 2 heteroatoms. The van der Waals surface area contributed by atoms with Crippen LogP contribution in [0.15, 0.2) is 0 Å². The van der Waals surface area contributed by atoms with Gasteiger partial charge < -0.3 is 5.32 Å². The molecule has 12 heavy (non-hydrogen) atoms. The third-order valence-electron chi connectivity index (χ3n) is 2.32. The van der Waals surface area contributed by atoms with E-state index in [-0.39, 0.29) is 0 Å². The van der Waals surface area contributed by atoms with Gasteiger partial charge in [-0.25, -0.2) is 0 Å². The maximum atomic E-state index is 10.0. The molecule has 1 saturated carbocycles. The molecule has 72 valence electrons. The maximum Gasteiger partial charge on any atom is 0.207 e. The summed E-state index contributed by atoms with van der Waals surface area (Å²) in [5.74, 6) is 0.865. The molecule has 0 heterocycles. The molecule has 2 nitrogen and oxygen atoms in total. The van der Waals surface area contributed by atoms with Crippen molar-refractivity contribution in [3.05, 3.63) is 0 Å². The first-order valence-corrected chi connectivity index (χ1v) is 5.02. The molecule has 0 aromatic carbocycles. The molecule has 0 spiro atoms. The van der Waals surface area contributed by atoms with Gasteiger partial charge in [-0.1, -0.05) is 20.8 Å². The minimum atomic E-state index is 0.466. The van der Waals surface area contributed by atoms with E-state index in [1.54, 1.807) is 0 Å². The fraction of sp³-hybridized carbons (Fsp3) is 0.900. The van der Waals surface area contributed by atoms with Crippen molar-refractivity contribution < 1.29 is 4.79 Å². The first kappa shape index (κ1) is 11.5. The number of carbonyl (C=O) groups is 1. The number of amides is 1. The summed E-state index contributed by atoms with van der Waals surface area (Å²) in [4.78, 5) is 10.0. The van der Waals surface area contributed by atoms with E-state index in [2.05, 4.69) is 12.2 Å². The summed E-state index contributed by atoms with van der Waals surface area (Å²) in [6, 6.07) is 0.466. The summed E-state index contributed by atoms with van der Waals surface area (Å²) in [7, 11) is 0. The molecule has 1 N–H and O–H groups in total. The summed E-state index contributed by atoms with van der Waals surface area (Å²) in [5, 5.41) is 2.82. The zero-order chi connectivity index (χ0) is 9.40. The zero-order valence-corrected chi connectivity index (χ0v) is 8.47. The molecule has 1 rings (SSSR count). The molecule has 1 aliphatic carbocycles. The van der Waals surface area contributed by atoms with Crippen LogP contribution in [-0.2, 0) is 4.79 Å². The van der Waals surface area contributed by atoms with E-state index >= 15 is 0 Å². The van der Waals surface area contributed by atoms with Crippen molar-refractivity contribution in [3.63, 3.8) is 0 Å². The fourth-order valence-electron chi connectivity index (χ4n) is 1.52. The Hall–Kier alpha value is -0.530. The molecule has 0 aromatic heterocycles. The van der Waals surface area contributed by atoms with Crippen LogP contribution in [0.2, 0.25) is 0 Å². The van der Waals surface area contributed by atoms with Crippen molar-refractivity contribution in [2.24, 2.45) is 5.92 Å². The van der Waals surface area contributed by atoms with E-state index in [1.165, 1.54) is 25.7 Å². The van der Waals surface area contributed by atoms with Gasteiger partial charge in [0.05, 0.1) is 0 Å². The number of rotatable bonds is 2. The van der Waals surface area contributed by atoms with Crippen LogP contribution in [0.1, 0.15) is 46.5 Å². The van der Waals surface area contributed by atoms with Crippen LogP contribution >= 0.6 is 0 Å². The average Bonchev–Trinajstić information content (AvgIpc) is 2.13. The normalized spacial score (nSPS) is 28.2. The fourth-order valence-corrected chi connectivity index (χ4v) is 1.52. The quantitative estimate of drug-likeness (QED) is 0.635. The van der Waals surface area contributed by atoms with E-state index < -0.39 is 0 Å². The van der Waals surface area contributed by atoms with Gasteiger partial charge in [-0.15, -0.1) is 0 Å².